The maximum atomic E-state index is 12.4. The molecule has 0 aliphatic carbocycles. The smallest absolute Gasteiger partial charge is 0.315 e. The van der Waals surface area contributed by atoms with Crippen molar-refractivity contribution in [2.24, 2.45) is 10.7 Å². The Kier molecular flexibility index (Phi) is 7.61. The van der Waals surface area contributed by atoms with Crippen LogP contribution in [-0.4, -0.2) is 33.6 Å². The van der Waals surface area contributed by atoms with E-state index in [2.05, 4.69) is 21.2 Å². The fourth-order valence-electron chi connectivity index (χ4n) is 3.27. The fourth-order valence-corrected chi connectivity index (χ4v) is 3.27. The van der Waals surface area contributed by atoms with Crippen LogP contribution >= 0.6 is 0 Å². The van der Waals surface area contributed by atoms with Gasteiger partial charge >= 0.3 is 5.91 Å². The van der Waals surface area contributed by atoms with Crippen LogP contribution < -0.4 is 21.9 Å². The highest BCUT2D eigenvalue weighted by Gasteiger charge is 2.16. The Hall–Kier alpha value is -6.32. The Morgan fingerprint density at radius 1 is 0.800 bits per heavy atom. The van der Waals surface area contributed by atoms with Crippen LogP contribution in [0.5, 0.6) is 0 Å². The summed E-state index contributed by atoms with van der Waals surface area (Å²) in [5, 5.41) is 31.7. The van der Waals surface area contributed by atoms with Crippen molar-refractivity contribution < 1.29 is 28.3 Å². The number of hydrogen-bond donors (Lipinski definition) is 5. The molecule has 40 heavy (non-hydrogen) atoms. The molecule has 0 atom stereocenters. The fraction of sp³-hybridized carbons (Fsp3) is 0. The Bertz CT molecular complexity index is 1650. The minimum atomic E-state index is -0.881. The number of carbonyl (C=O) groups is 2. The lowest BCUT2D eigenvalue weighted by Crippen LogP contribution is -2.51. The maximum Gasteiger partial charge on any atom is 0.315 e. The zero-order valence-electron chi connectivity index (χ0n) is 20.1. The second kappa shape index (κ2) is 11.4. The van der Waals surface area contributed by atoms with Gasteiger partial charge in [0.05, 0.1) is 9.85 Å². The van der Waals surface area contributed by atoms with Crippen molar-refractivity contribution in [1.29, 1.82) is 5.41 Å². The van der Waals surface area contributed by atoms with E-state index in [0.29, 0.717) is 11.1 Å². The Morgan fingerprint density at radius 2 is 1.43 bits per heavy atom. The highest BCUT2D eigenvalue weighted by Crippen LogP contribution is 2.26. The van der Waals surface area contributed by atoms with Gasteiger partial charge in [-0.15, -0.1) is 0 Å². The van der Waals surface area contributed by atoms with E-state index in [4.69, 9.17) is 20.0 Å². The molecule has 16 heteroatoms. The Labute approximate surface area is 223 Å². The zero-order chi connectivity index (χ0) is 28.8. The predicted molar refractivity (Wildman–Crippen MR) is 139 cm³/mol. The number of amides is 2. The largest absolute Gasteiger partial charge is 0.451 e. The van der Waals surface area contributed by atoms with Crippen LogP contribution in [0.2, 0.25) is 0 Å². The van der Waals surface area contributed by atoms with Crippen LogP contribution in [0, 0.1) is 25.6 Å². The molecule has 0 radical (unpaired) electrons. The SMILES string of the molecule is N=C(NNC(N)=NC(=O)c1ccc(-c2cccc([N+](=O)[O-])c2)o1)NC(=O)c1ccc(-c2ccc([N+](=O)[O-])cc2)o1. The molecule has 2 heterocycles. The molecule has 0 saturated heterocycles. The lowest BCUT2D eigenvalue weighted by molar-refractivity contribution is -0.385. The summed E-state index contributed by atoms with van der Waals surface area (Å²) in [4.78, 5) is 48.9. The summed E-state index contributed by atoms with van der Waals surface area (Å²) in [6.07, 6.45) is 0. The minimum Gasteiger partial charge on any atom is -0.451 e. The summed E-state index contributed by atoms with van der Waals surface area (Å²) < 4.78 is 10.9. The minimum absolute atomic E-state index is 0.0980. The number of carbonyl (C=O) groups excluding carboxylic acids is 2. The van der Waals surface area contributed by atoms with Gasteiger partial charge in [-0.05, 0) is 36.4 Å². The van der Waals surface area contributed by atoms with Crippen molar-refractivity contribution in [3.05, 3.63) is 105 Å². The first-order chi connectivity index (χ1) is 19.1. The Morgan fingerprint density at radius 3 is 2.10 bits per heavy atom. The van der Waals surface area contributed by atoms with Crippen molar-refractivity contribution in [2.45, 2.75) is 0 Å². The first-order valence-electron chi connectivity index (χ1n) is 11.1. The normalized spacial score (nSPS) is 10.9. The number of hydrogen-bond acceptors (Lipinski definition) is 9. The van der Waals surface area contributed by atoms with E-state index in [9.17, 15) is 29.8 Å². The number of nitro benzene ring substituents is 2. The third kappa shape index (κ3) is 6.32. The molecule has 4 aromatic rings. The second-order valence-corrected chi connectivity index (χ2v) is 7.82. The topological polar surface area (TPSA) is 245 Å². The second-order valence-electron chi connectivity index (χ2n) is 7.82. The third-order valence-corrected chi connectivity index (χ3v) is 5.13. The first-order valence-corrected chi connectivity index (χ1v) is 11.1. The van der Waals surface area contributed by atoms with Gasteiger partial charge in [-0.1, -0.05) is 12.1 Å². The lowest BCUT2D eigenvalue weighted by atomic mass is 10.1. The highest BCUT2D eigenvalue weighted by atomic mass is 16.6. The molecule has 0 aliphatic rings. The molecule has 2 aromatic heterocycles. The van der Waals surface area contributed by atoms with Crippen molar-refractivity contribution in [1.82, 2.24) is 16.2 Å². The van der Waals surface area contributed by atoms with Crippen molar-refractivity contribution in [3.63, 3.8) is 0 Å². The van der Waals surface area contributed by atoms with Gasteiger partial charge in [0, 0.05) is 35.4 Å². The first kappa shape index (κ1) is 26.7. The van der Waals surface area contributed by atoms with E-state index in [1.54, 1.807) is 6.07 Å². The molecule has 2 aromatic carbocycles. The summed E-state index contributed by atoms with van der Waals surface area (Å²) in [5.74, 6) is -2.56. The van der Waals surface area contributed by atoms with Gasteiger partial charge in [0.25, 0.3) is 17.3 Å². The van der Waals surface area contributed by atoms with E-state index in [1.807, 2.05) is 0 Å². The van der Waals surface area contributed by atoms with Gasteiger partial charge < -0.3 is 14.6 Å². The molecule has 0 aliphatic heterocycles. The molecule has 6 N–H and O–H groups in total. The summed E-state index contributed by atoms with van der Waals surface area (Å²) >= 11 is 0. The average Bonchev–Trinajstić information content (AvgIpc) is 3.63. The number of benzene rings is 2. The van der Waals surface area contributed by atoms with Gasteiger partial charge in [-0.25, -0.2) is 0 Å². The molecule has 2 amide bonds. The molecular formula is C24H18N8O8. The molecule has 0 saturated carbocycles. The number of nitrogens with one attached hydrogen (secondary N) is 4. The number of rotatable bonds is 6. The number of non-ortho nitro benzene ring substituents is 2. The van der Waals surface area contributed by atoms with Crippen LogP contribution in [0.1, 0.15) is 21.1 Å². The van der Waals surface area contributed by atoms with Crippen LogP contribution in [0.4, 0.5) is 11.4 Å². The molecule has 0 spiro atoms. The van der Waals surface area contributed by atoms with Gasteiger partial charge in [0.1, 0.15) is 11.5 Å². The number of aliphatic imine (C=N–C) groups is 1. The molecule has 16 nitrogen and oxygen atoms in total. The molecular weight excluding hydrogens is 528 g/mol. The van der Waals surface area contributed by atoms with Crippen LogP contribution in [0.3, 0.4) is 0 Å². The third-order valence-electron chi connectivity index (χ3n) is 5.13. The standard InChI is InChI=1S/C24H18N8O8/c25-23(27-21(33)19-10-8-17(39-19)13-4-6-15(7-5-13)31(35)36)29-30-24(26)28-22(34)20-11-9-18(40-20)14-2-1-3-16(12-14)32(37)38/h1-12H,(H3,25,27,29,33)(H3,26,28,30,34). The number of nitrogens with two attached hydrogens (primary N) is 1. The maximum absolute atomic E-state index is 12.4. The zero-order valence-corrected chi connectivity index (χ0v) is 20.1. The Balaban J connectivity index is 1.30. The monoisotopic (exact) mass is 546 g/mol. The van der Waals surface area contributed by atoms with E-state index in [1.165, 1.54) is 66.7 Å². The quantitative estimate of drug-likeness (QED) is 0.102. The molecule has 202 valence electrons. The lowest BCUT2D eigenvalue weighted by Gasteiger charge is -2.09. The number of nitro groups is 2. The van der Waals surface area contributed by atoms with Crippen molar-refractivity contribution in [2.75, 3.05) is 0 Å². The van der Waals surface area contributed by atoms with E-state index < -0.39 is 33.6 Å². The van der Waals surface area contributed by atoms with E-state index in [-0.39, 0.29) is 34.4 Å². The number of guanidine groups is 2. The summed E-state index contributed by atoms with van der Waals surface area (Å²) in [6.45, 7) is 0. The summed E-state index contributed by atoms with van der Waals surface area (Å²) in [5.41, 5.74) is 10.8. The van der Waals surface area contributed by atoms with Gasteiger partial charge in [-0.3, -0.25) is 51.4 Å². The molecule has 4 rings (SSSR count). The number of furan rings is 2. The molecule has 0 bridgehead atoms. The summed E-state index contributed by atoms with van der Waals surface area (Å²) in [6, 6.07) is 16.8. The van der Waals surface area contributed by atoms with Gasteiger partial charge in [0.2, 0.25) is 11.9 Å². The van der Waals surface area contributed by atoms with Crippen molar-refractivity contribution >= 4 is 35.1 Å². The van der Waals surface area contributed by atoms with Gasteiger partial charge in [-0.2, -0.15) is 4.99 Å². The van der Waals surface area contributed by atoms with Crippen LogP contribution in [-0.2, 0) is 0 Å². The van der Waals surface area contributed by atoms with Gasteiger partial charge in [0.15, 0.2) is 11.5 Å². The van der Waals surface area contributed by atoms with Crippen LogP contribution in [0.25, 0.3) is 22.6 Å². The highest BCUT2D eigenvalue weighted by molar-refractivity contribution is 6.04. The van der Waals surface area contributed by atoms with Crippen LogP contribution in [0.15, 0.2) is 86.6 Å². The van der Waals surface area contributed by atoms with Crippen molar-refractivity contribution in [3.8, 4) is 22.6 Å². The predicted octanol–water partition coefficient (Wildman–Crippen LogP) is 2.94. The number of nitrogens with zero attached hydrogens (tertiary/aromatic N) is 3. The number of hydrazine groups is 1. The average molecular weight is 546 g/mol. The van der Waals surface area contributed by atoms with E-state index in [0.717, 1.165) is 0 Å². The summed E-state index contributed by atoms with van der Waals surface area (Å²) in [7, 11) is 0. The molecule has 0 unspecified atom stereocenters. The molecule has 0 fully saturated rings. The van der Waals surface area contributed by atoms with E-state index >= 15 is 0 Å².